The minimum atomic E-state index is -0.217. The number of fused-ring (bicyclic) bond motifs is 1. The van der Waals surface area contributed by atoms with Gasteiger partial charge in [0.25, 0.3) is 0 Å². The predicted molar refractivity (Wildman–Crippen MR) is 108 cm³/mol. The molecule has 1 aromatic heterocycles. The molecule has 1 amide bonds. The number of carbonyl (C=O) groups is 1. The van der Waals surface area contributed by atoms with Gasteiger partial charge in [0.15, 0.2) is 0 Å². The van der Waals surface area contributed by atoms with Crippen LogP contribution in [0.15, 0.2) is 12.5 Å². The molecule has 0 aromatic carbocycles. The highest BCUT2D eigenvalue weighted by molar-refractivity contribution is 5.83. The monoisotopic (exact) mass is 389 g/mol. The SMILES string of the molecule is CCN1CC[C@@H]2C[C@@H](N3CCOCC3)CC[C@@]2(C(=O)NCCc2cnc[nH]2)C1. The topological polar surface area (TPSA) is 73.5 Å². The summed E-state index contributed by atoms with van der Waals surface area (Å²) in [5.74, 6) is 0.764. The van der Waals surface area contributed by atoms with Crippen LogP contribution in [-0.2, 0) is 16.0 Å². The molecule has 3 aliphatic rings. The van der Waals surface area contributed by atoms with Crippen molar-refractivity contribution in [1.29, 1.82) is 0 Å². The number of amides is 1. The number of hydrogen-bond acceptors (Lipinski definition) is 5. The van der Waals surface area contributed by atoms with Gasteiger partial charge in [-0.2, -0.15) is 0 Å². The van der Waals surface area contributed by atoms with E-state index >= 15 is 0 Å². The summed E-state index contributed by atoms with van der Waals surface area (Å²) in [6.45, 7) is 9.75. The number of aromatic amines is 1. The summed E-state index contributed by atoms with van der Waals surface area (Å²) in [4.78, 5) is 25.7. The average Bonchev–Trinajstić information content (AvgIpc) is 3.27. The quantitative estimate of drug-likeness (QED) is 0.767. The molecule has 28 heavy (non-hydrogen) atoms. The summed E-state index contributed by atoms with van der Waals surface area (Å²) in [7, 11) is 0. The van der Waals surface area contributed by atoms with Gasteiger partial charge in [-0.3, -0.25) is 9.69 Å². The van der Waals surface area contributed by atoms with Crippen LogP contribution in [0.4, 0.5) is 0 Å². The van der Waals surface area contributed by atoms with Gasteiger partial charge in [-0.05, 0) is 44.7 Å². The standard InChI is InChI=1S/C21H35N5O2/c1-2-25-8-5-17-13-19(26-9-11-28-12-10-26)3-6-21(17,15-25)20(27)23-7-4-18-14-22-16-24-18/h14,16-17,19H,2-13,15H2,1H3,(H,22,24)(H,23,27)/t17-,19+,21-/m1/s1. The van der Waals surface area contributed by atoms with Crippen molar-refractivity contribution in [2.24, 2.45) is 11.3 Å². The number of imidazole rings is 1. The van der Waals surface area contributed by atoms with Crippen molar-refractivity contribution in [3.63, 3.8) is 0 Å². The molecule has 2 aliphatic heterocycles. The van der Waals surface area contributed by atoms with Crippen LogP contribution in [-0.4, -0.2) is 84.2 Å². The molecule has 0 bridgehead atoms. The molecule has 7 nitrogen and oxygen atoms in total. The number of aromatic nitrogens is 2. The van der Waals surface area contributed by atoms with Crippen LogP contribution in [0.1, 0.15) is 38.3 Å². The zero-order valence-corrected chi connectivity index (χ0v) is 17.2. The lowest BCUT2D eigenvalue weighted by Gasteiger charge is -2.53. The fourth-order valence-corrected chi connectivity index (χ4v) is 5.54. The molecule has 1 aliphatic carbocycles. The highest BCUT2D eigenvalue weighted by Gasteiger charge is 2.52. The van der Waals surface area contributed by atoms with Crippen molar-refractivity contribution in [1.82, 2.24) is 25.1 Å². The Morgan fingerprint density at radius 1 is 1.36 bits per heavy atom. The molecule has 4 rings (SSSR count). The number of hydrogen-bond donors (Lipinski definition) is 2. The summed E-state index contributed by atoms with van der Waals surface area (Å²) >= 11 is 0. The Balaban J connectivity index is 1.42. The summed E-state index contributed by atoms with van der Waals surface area (Å²) in [6.07, 6.45) is 8.77. The van der Waals surface area contributed by atoms with Gasteiger partial charge >= 0.3 is 0 Å². The molecule has 2 saturated heterocycles. The molecular weight excluding hydrogens is 354 g/mol. The second-order valence-corrected chi connectivity index (χ2v) is 8.67. The van der Waals surface area contributed by atoms with Crippen LogP contribution in [0.2, 0.25) is 0 Å². The highest BCUT2D eigenvalue weighted by Crippen LogP contribution is 2.47. The Morgan fingerprint density at radius 3 is 2.96 bits per heavy atom. The van der Waals surface area contributed by atoms with Crippen LogP contribution in [0.3, 0.4) is 0 Å². The third kappa shape index (κ3) is 4.11. The summed E-state index contributed by atoms with van der Waals surface area (Å²) in [6, 6.07) is 0.619. The van der Waals surface area contributed by atoms with E-state index in [9.17, 15) is 4.79 Å². The lowest BCUT2D eigenvalue weighted by Crippen LogP contribution is -2.61. The zero-order chi connectivity index (χ0) is 19.4. The fraction of sp³-hybridized carbons (Fsp3) is 0.810. The Kier molecular flexibility index (Phi) is 6.33. The molecule has 2 N–H and O–H groups in total. The first-order chi connectivity index (χ1) is 13.7. The van der Waals surface area contributed by atoms with E-state index in [2.05, 4.69) is 32.0 Å². The van der Waals surface area contributed by atoms with Crippen molar-refractivity contribution < 1.29 is 9.53 Å². The van der Waals surface area contributed by atoms with Crippen LogP contribution < -0.4 is 5.32 Å². The van der Waals surface area contributed by atoms with E-state index in [0.717, 1.165) is 83.7 Å². The molecule has 156 valence electrons. The van der Waals surface area contributed by atoms with Gasteiger partial charge in [0.05, 0.1) is 25.0 Å². The van der Waals surface area contributed by atoms with Crippen molar-refractivity contribution in [3.8, 4) is 0 Å². The molecule has 0 unspecified atom stereocenters. The minimum absolute atomic E-state index is 0.217. The van der Waals surface area contributed by atoms with Crippen LogP contribution in [0.5, 0.6) is 0 Å². The highest BCUT2D eigenvalue weighted by atomic mass is 16.5. The summed E-state index contributed by atoms with van der Waals surface area (Å²) in [5.41, 5.74) is 0.856. The first-order valence-corrected chi connectivity index (χ1v) is 11.0. The largest absolute Gasteiger partial charge is 0.379 e. The van der Waals surface area contributed by atoms with E-state index in [4.69, 9.17) is 4.74 Å². The van der Waals surface area contributed by atoms with Gasteiger partial charge in [0, 0.05) is 50.5 Å². The van der Waals surface area contributed by atoms with Crippen LogP contribution in [0.25, 0.3) is 0 Å². The fourth-order valence-electron chi connectivity index (χ4n) is 5.54. The second-order valence-electron chi connectivity index (χ2n) is 8.67. The number of ether oxygens (including phenoxy) is 1. The molecular formula is C21H35N5O2. The lowest BCUT2D eigenvalue weighted by atomic mass is 9.61. The van der Waals surface area contributed by atoms with Gasteiger partial charge < -0.3 is 19.9 Å². The maximum atomic E-state index is 13.4. The first-order valence-electron chi connectivity index (χ1n) is 11.0. The third-order valence-electron chi connectivity index (χ3n) is 7.26. The number of nitrogens with one attached hydrogen (secondary N) is 2. The molecule has 3 heterocycles. The van der Waals surface area contributed by atoms with Crippen molar-refractivity contribution in [3.05, 3.63) is 18.2 Å². The smallest absolute Gasteiger partial charge is 0.227 e. The number of nitrogens with zero attached hydrogens (tertiary/aromatic N) is 3. The van der Waals surface area contributed by atoms with Crippen molar-refractivity contribution in [2.75, 3.05) is 52.5 Å². The molecule has 7 heteroatoms. The third-order valence-corrected chi connectivity index (χ3v) is 7.26. The minimum Gasteiger partial charge on any atom is -0.379 e. The maximum absolute atomic E-state index is 13.4. The molecule has 3 fully saturated rings. The number of likely N-dealkylation sites (tertiary alicyclic amines) is 1. The molecule has 0 radical (unpaired) electrons. The number of rotatable bonds is 6. The Labute approximate surface area is 168 Å². The lowest BCUT2D eigenvalue weighted by molar-refractivity contribution is -0.144. The van der Waals surface area contributed by atoms with E-state index < -0.39 is 0 Å². The normalized spacial score (nSPS) is 32.0. The van der Waals surface area contributed by atoms with Gasteiger partial charge in [0.2, 0.25) is 5.91 Å². The van der Waals surface area contributed by atoms with E-state index in [1.165, 1.54) is 0 Å². The number of carbonyl (C=O) groups excluding carboxylic acids is 1. The molecule has 3 atom stereocenters. The molecule has 1 saturated carbocycles. The van der Waals surface area contributed by atoms with Crippen molar-refractivity contribution >= 4 is 5.91 Å². The van der Waals surface area contributed by atoms with Crippen molar-refractivity contribution in [2.45, 2.75) is 45.1 Å². The van der Waals surface area contributed by atoms with E-state index in [1.54, 1.807) is 6.33 Å². The first kappa shape index (κ1) is 19.9. The van der Waals surface area contributed by atoms with Gasteiger partial charge in [-0.1, -0.05) is 6.92 Å². The maximum Gasteiger partial charge on any atom is 0.227 e. The predicted octanol–water partition coefficient (Wildman–Crippen LogP) is 1.28. The van der Waals surface area contributed by atoms with E-state index in [0.29, 0.717) is 18.5 Å². The Hall–Kier alpha value is -1.44. The Morgan fingerprint density at radius 2 is 2.21 bits per heavy atom. The second kappa shape index (κ2) is 8.93. The van der Waals surface area contributed by atoms with Crippen LogP contribution in [0, 0.1) is 11.3 Å². The number of H-pyrrole nitrogens is 1. The number of piperidine rings is 1. The van der Waals surface area contributed by atoms with Crippen LogP contribution >= 0.6 is 0 Å². The number of morpholine rings is 1. The molecule has 1 aromatic rings. The average molecular weight is 390 g/mol. The Bertz CT molecular complexity index is 631. The van der Waals surface area contributed by atoms with Gasteiger partial charge in [-0.15, -0.1) is 0 Å². The zero-order valence-electron chi connectivity index (χ0n) is 17.2. The van der Waals surface area contributed by atoms with E-state index in [-0.39, 0.29) is 11.3 Å². The summed E-state index contributed by atoms with van der Waals surface area (Å²) in [5, 5.41) is 3.27. The van der Waals surface area contributed by atoms with E-state index in [1.807, 2.05) is 6.20 Å². The van der Waals surface area contributed by atoms with Gasteiger partial charge in [0.1, 0.15) is 0 Å². The summed E-state index contributed by atoms with van der Waals surface area (Å²) < 4.78 is 5.54. The van der Waals surface area contributed by atoms with Gasteiger partial charge in [-0.25, -0.2) is 4.98 Å². The molecule has 0 spiro atoms.